The Morgan fingerprint density at radius 1 is 1.53 bits per heavy atom. The Bertz CT molecular complexity index is 322. The van der Waals surface area contributed by atoms with E-state index in [1.54, 1.807) is 12.1 Å². The van der Waals surface area contributed by atoms with Gasteiger partial charge in [-0.2, -0.15) is 0 Å². The maximum Gasteiger partial charge on any atom is 0.233 e. The van der Waals surface area contributed by atoms with Crippen molar-refractivity contribution in [3.05, 3.63) is 30.0 Å². The fraction of sp³-hybridized carbons (Fsp3) is 0.455. The van der Waals surface area contributed by atoms with E-state index in [9.17, 15) is 5.11 Å². The summed E-state index contributed by atoms with van der Waals surface area (Å²) in [6.45, 7) is 5.85. The molecule has 0 radical (unpaired) electrons. The van der Waals surface area contributed by atoms with Crippen molar-refractivity contribution < 1.29 is 9.84 Å². The van der Waals surface area contributed by atoms with Gasteiger partial charge in [-0.15, -0.1) is 10.2 Å². The summed E-state index contributed by atoms with van der Waals surface area (Å²) in [5.74, 6) is 0.445. The van der Waals surface area contributed by atoms with Crippen LogP contribution in [0.1, 0.15) is 31.6 Å². The molecule has 1 N–H and O–H groups in total. The van der Waals surface area contributed by atoms with Gasteiger partial charge >= 0.3 is 0 Å². The zero-order valence-corrected chi connectivity index (χ0v) is 9.10. The lowest BCUT2D eigenvalue weighted by atomic mass is 10.1. The van der Waals surface area contributed by atoms with Crippen molar-refractivity contribution in [3.63, 3.8) is 0 Å². The molecule has 1 atom stereocenters. The predicted octanol–water partition coefficient (Wildman–Crippen LogP) is 1.87. The van der Waals surface area contributed by atoms with Crippen molar-refractivity contribution in [1.29, 1.82) is 0 Å². The van der Waals surface area contributed by atoms with Crippen molar-refractivity contribution in [1.82, 2.24) is 10.2 Å². The molecule has 1 aromatic rings. The third-order valence-electron chi connectivity index (χ3n) is 2.19. The zero-order chi connectivity index (χ0) is 11.3. The van der Waals surface area contributed by atoms with Gasteiger partial charge in [0.1, 0.15) is 6.10 Å². The minimum absolute atomic E-state index is 0.445. The lowest BCUT2D eigenvalue weighted by Crippen LogP contribution is -2.03. The molecule has 1 rings (SSSR count). The van der Waals surface area contributed by atoms with Gasteiger partial charge in [-0.05, 0) is 18.9 Å². The molecule has 0 amide bonds. The van der Waals surface area contributed by atoms with Gasteiger partial charge in [0, 0.05) is 6.07 Å². The molecule has 4 nitrogen and oxygen atoms in total. The van der Waals surface area contributed by atoms with Crippen molar-refractivity contribution in [3.8, 4) is 5.88 Å². The summed E-state index contributed by atoms with van der Waals surface area (Å²) in [6, 6.07) is 3.39. The fourth-order valence-electron chi connectivity index (χ4n) is 1.14. The molecule has 0 saturated carbocycles. The normalized spacial score (nSPS) is 12.2. The number of nitrogens with zero attached hydrogens (tertiary/aromatic N) is 2. The molecule has 0 fully saturated rings. The summed E-state index contributed by atoms with van der Waals surface area (Å²) in [5, 5.41) is 17.4. The van der Waals surface area contributed by atoms with Crippen LogP contribution in [0.15, 0.2) is 24.3 Å². The monoisotopic (exact) mass is 208 g/mol. The first-order valence-electron chi connectivity index (χ1n) is 4.89. The maximum absolute atomic E-state index is 9.78. The third kappa shape index (κ3) is 3.32. The molecule has 82 valence electrons. The largest absolute Gasteiger partial charge is 0.480 e. The Hall–Kier alpha value is -1.42. The number of rotatable bonds is 5. The van der Waals surface area contributed by atoms with Gasteiger partial charge in [-0.3, -0.25) is 0 Å². The summed E-state index contributed by atoms with van der Waals surface area (Å²) in [7, 11) is 1.53. The quantitative estimate of drug-likeness (QED) is 0.750. The Morgan fingerprint density at radius 2 is 2.27 bits per heavy atom. The number of methoxy groups -OCH3 is 1. The molecule has 1 aromatic heterocycles. The highest BCUT2D eigenvalue weighted by Crippen LogP contribution is 2.20. The number of hydrogen-bond donors (Lipinski definition) is 1. The van der Waals surface area contributed by atoms with E-state index in [0.717, 1.165) is 12.0 Å². The van der Waals surface area contributed by atoms with E-state index >= 15 is 0 Å². The van der Waals surface area contributed by atoms with Crippen LogP contribution in [-0.4, -0.2) is 22.4 Å². The van der Waals surface area contributed by atoms with Gasteiger partial charge in [-0.25, -0.2) is 0 Å². The van der Waals surface area contributed by atoms with E-state index in [2.05, 4.69) is 16.8 Å². The van der Waals surface area contributed by atoms with Crippen LogP contribution in [0.25, 0.3) is 0 Å². The van der Waals surface area contributed by atoms with E-state index in [4.69, 9.17) is 4.74 Å². The van der Waals surface area contributed by atoms with Gasteiger partial charge in [0.05, 0.1) is 12.8 Å². The van der Waals surface area contributed by atoms with E-state index < -0.39 is 6.10 Å². The molecule has 1 heterocycles. The van der Waals surface area contributed by atoms with Crippen LogP contribution in [0.3, 0.4) is 0 Å². The lowest BCUT2D eigenvalue weighted by molar-refractivity contribution is 0.171. The zero-order valence-electron chi connectivity index (χ0n) is 9.10. The van der Waals surface area contributed by atoms with Crippen LogP contribution in [0, 0.1) is 0 Å². The number of aliphatic hydroxyl groups excluding tert-OH is 1. The van der Waals surface area contributed by atoms with E-state index in [1.807, 2.05) is 6.92 Å². The highest BCUT2D eigenvalue weighted by Gasteiger charge is 2.10. The topological polar surface area (TPSA) is 55.2 Å². The molecule has 4 heteroatoms. The van der Waals surface area contributed by atoms with E-state index in [1.165, 1.54) is 7.11 Å². The third-order valence-corrected chi connectivity index (χ3v) is 2.19. The summed E-state index contributed by atoms with van der Waals surface area (Å²) < 4.78 is 4.88. The van der Waals surface area contributed by atoms with Crippen LogP contribution in [-0.2, 0) is 0 Å². The molecular formula is C11H16N2O2. The molecule has 0 aliphatic rings. The van der Waals surface area contributed by atoms with Gasteiger partial charge in [0.2, 0.25) is 5.88 Å². The van der Waals surface area contributed by atoms with Crippen molar-refractivity contribution >= 4 is 0 Å². The first-order valence-corrected chi connectivity index (χ1v) is 4.89. The first-order chi connectivity index (χ1) is 7.17. The van der Waals surface area contributed by atoms with Crippen LogP contribution in [0.5, 0.6) is 5.88 Å². The standard InChI is InChI=1S/C11H16N2O2/c1-4-8(2)7-10(14)9-5-6-11(15-3)13-12-9/h5-6,10,14H,2,4,7H2,1,3H3. The molecular weight excluding hydrogens is 192 g/mol. The predicted molar refractivity (Wildman–Crippen MR) is 57.6 cm³/mol. The summed E-state index contributed by atoms with van der Waals surface area (Å²) in [4.78, 5) is 0. The molecule has 0 spiro atoms. The molecule has 0 bridgehead atoms. The Balaban J connectivity index is 2.65. The second kappa shape index (κ2) is 5.46. The first kappa shape index (κ1) is 11.7. The SMILES string of the molecule is C=C(CC)CC(O)c1ccc(OC)nn1. The number of aromatic nitrogens is 2. The number of aliphatic hydroxyl groups is 1. The minimum atomic E-state index is -0.629. The van der Waals surface area contributed by atoms with Crippen LogP contribution < -0.4 is 4.74 Å². The highest BCUT2D eigenvalue weighted by molar-refractivity contribution is 5.14. The Labute approximate surface area is 89.6 Å². The second-order valence-corrected chi connectivity index (χ2v) is 3.32. The molecule has 0 aliphatic heterocycles. The molecule has 0 aliphatic carbocycles. The van der Waals surface area contributed by atoms with E-state index in [0.29, 0.717) is 18.0 Å². The average Bonchev–Trinajstić information content (AvgIpc) is 2.29. The van der Waals surface area contributed by atoms with Crippen molar-refractivity contribution in [2.24, 2.45) is 0 Å². The molecule has 1 unspecified atom stereocenters. The summed E-state index contributed by atoms with van der Waals surface area (Å²) >= 11 is 0. The van der Waals surface area contributed by atoms with Crippen LogP contribution in [0.4, 0.5) is 0 Å². The van der Waals surface area contributed by atoms with Gasteiger partial charge in [0.25, 0.3) is 0 Å². The highest BCUT2D eigenvalue weighted by atomic mass is 16.5. The lowest BCUT2D eigenvalue weighted by Gasteiger charge is -2.10. The minimum Gasteiger partial charge on any atom is -0.480 e. The van der Waals surface area contributed by atoms with Gasteiger partial charge in [-0.1, -0.05) is 19.1 Å². The number of hydrogen-bond acceptors (Lipinski definition) is 4. The molecule has 15 heavy (non-hydrogen) atoms. The smallest absolute Gasteiger partial charge is 0.233 e. The van der Waals surface area contributed by atoms with E-state index in [-0.39, 0.29) is 0 Å². The van der Waals surface area contributed by atoms with Crippen molar-refractivity contribution in [2.45, 2.75) is 25.9 Å². The Kier molecular flexibility index (Phi) is 4.24. The Morgan fingerprint density at radius 3 is 2.73 bits per heavy atom. The average molecular weight is 208 g/mol. The van der Waals surface area contributed by atoms with Gasteiger partial charge in [0.15, 0.2) is 0 Å². The fourth-order valence-corrected chi connectivity index (χ4v) is 1.14. The summed E-state index contributed by atoms with van der Waals surface area (Å²) in [6.07, 6.45) is 0.758. The maximum atomic E-state index is 9.78. The van der Waals surface area contributed by atoms with Crippen LogP contribution in [0.2, 0.25) is 0 Å². The van der Waals surface area contributed by atoms with Gasteiger partial charge < -0.3 is 9.84 Å². The molecule has 0 saturated heterocycles. The summed E-state index contributed by atoms with van der Waals surface area (Å²) in [5.41, 5.74) is 1.55. The van der Waals surface area contributed by atoms with Crippen molar-refractivity contribution in [2.75, 3.05) is 7.11 Å². The number of ether oxygens (including phenoxy) is 1. The second-order valence-electron chi connectivity index (χ2n) is 3.32. The molecule has 0 aromatic carbocycles. The van der Waals surface area contributed by atoms with Crippen LogP contribution >= 0.6 is 0 Å².